The lowest BCUT2D eigenvalue weighted by Crippen LogP contribution is -2.74. The minimum Gasteiger partial charge on any atom is -0.377 e. The number of thioether (sulfide) groups is 1. The van der Waals surface area contributed by atoms with Gasteiger partial charge in [0.25, 0.3) is 11.8 Å². The normalized spacial score (nSPS) is 27.5. The Balaban J connectivity index is 1.18. The summed E-state index contributed by atoms with van der Waals surface area (Å²) in [5, 5.41) is 3.88. The van der Waals surface area contributed by atoms with Crippen LogP contribution in [0.5, 0.6) is 0 Å². The number of hydrogen-bond donors (Lipinski definition) is 1. The molecule has 2 atom stereocenters. The molecule has 1 unspecified atom stereocenters. The van der Waals surface area contributed by atoms with Crippen molar-refractivity contribution in [3.05, 3.63) is 46.5 Å². The van der Waals surface area contributed by atoms with Crippen molar-refractivity contribution in [3.8, 4) is 0 Å². The number of benzene rings is 1. The highest BCUT2D eigenvalue weighted by molar-refractivity contribution is 8.02. The largest absolute Gasteiger partial charge is 0.377 e. The number of allylic oxidation sites excluding steroid dienone is 1. The molecule has 0 saturated carbocycles. The number of nitrogens with one attached hydrogen (secondary N) is 1. The molecule has 1 spiro atoms. The van der Waals surface area contributed by atoms with Crippen molar-refractivity contribution in [1.82, 2.24) is 14.8 Å². The number of fused-ring (bicyclic) bond motifs is 1. The first-order chi connectivity index (χ1) is 18.8. The van der Waals surface area contributed by atoms with E-state index in [0.29, 0.717) is 24.5 Å². The lowest BCUT2D eigenvalue weighted by Gasteiger charge is -2.60. The number of hydrogen-bond acceptors (Lipinski definition) is 7. The molecule has 208 valence electrons. The average Bonchev–Trinajstić information content (AvgIpc) is 3.17. The van der Waals surface area contributed by atoms with Crippen LogP contribution < -0.4 is 5.32 Å². The summed E-state index contributed by atoms with van der Waals surface area (Å²) >= 11 is 1.52. The Bertz CT molecular complexity index is 1350. The van der Waals surface area contributed by atoms with E-state index in [4.69, 9.17) is 14.2 Å². The number of para-hydroxylation sites is 1. The summed E-state index contributed by atoms with van der Waals surface area (Å²) in [4.78, 5) is 33.7. The molecule has 5 heterocycles. The molecule has 3 fully saturated rings. The number of aromatic nitrogens is 1. The quantitative estimate of drug-likeness (QED) is 0.563. The van der Waals surface area contributed by atoms with E-state index >= 15 is 0 Å². The maximum absolute atomic E-state index is 13.6. The number of amides is 2. The van der Waals surface area contributed by atoms with Crippen molar-refractivity contribution in [2.45, 2.75) is 51.1 Å². The van der Waals surface area contributed by atoms with Crippen molar-refractivity contribution in [3.63, 3.8) is 0 Å². The number of rotatable bonds is 7. The maximum Gasteiger partial charge on any atom is 0.255 e. The lowest BCUT2D eigenvalue weighted by molar-refractivity contribution is -0.267. The fourth-order valence-corrected chi connectivity index (χ4v) is 7.21. The van der Waals surface area contributed by atoms with Crippen LogP contribution in [0.2, 0.25) is 0 Å². The molecule has 2 aromatic rings. The fraction of sp³-hybridized carbons (Fsp3) is 0.552. The van der Waals surface area contributed by atoms with Gasteiger partial charge in [-0.25, -0.2) is 4.99 Å². The van der Waals surface area contributed by atoms with Gasteiger partial charge in [0, 0.05) is 40.3 Å². The smallest absolute Gasteiger partial charge is 0.255 e. The second-order valence-electron chi connectivity index (χ2n) is 11.0. The first kappa shape index (κ1) is 26.7. The summed E-state index contributed by atoms with van der Waals surface area (Å²) in [7, 11) is 0. The van der Waals surface area contributed by atoms with Gasteiger partial charge in [-0.05, 0) is 45.6 Å². The molecule has 1 aromatic carbocycles. The van der Waals surface area contributed by atoms with Crippen LogP contribution >= 0.6 is 11.8 Å². The lowest BCUT2D eigenvalue weighted by atomic mass is 9.81. The average molecular weight is 553 g/mol. The van der Waals surface area contributed by atoms with E-state index in [0.717, 1.165) is 41.3 Å². The summed E-state index contributed by atoms with van der Waals surface area (Å²) in [5.74, 6) is -0.883. The van der Waals surface area contributed by atoms with E-state index in [1.54, 1.807) is 0 Å². The Hall–Kier alpha value is -2.50. The van der Waals surface area contributed by atoms with Crippen molar-refractivity contribution in [1.29, 1.82) is 0 Å². The molecular formula is C29H36N4O5S. The maximum atomic E-state index is 13.6. The molecular weight excluding hydrogens is 516 g/mol. The van der Waals surface area contributed by atoms with Gasteiger partial charge in [-0.2, -0.15) is 0 Å². The van der Waals surface area contributed by atoms with E-state index in [9.17, 15) is 9.59 Å². The number of dihydropyridines is 1. The summed E-state index contributed by atoms with van der Waals surface area (Å²) in [6, 6.07) is 8.01. The molecule has 4 aliphatic heterocycles. The fourth-order valence-electron chi connectivity index (χ4n) is 6.45. The Morgan fingerprint density at radius 3 is 2.62 bits per heavy atom. The highest BCUT2D eigenvalue weighted by Gasteiger charge is 2.54. The van der Waals surface area contributed by atoms with Gasteiger partial charge in [0.1, 0.15) is 0 Å². The van der Waals surface area contributed by atoms with Gasteiger partial charge in [-0.3, -0.25) is 14.5 Å². The van der Waals surface area contributed by atoms with Gasteiger partial charge in [-0.1, -0.05) is 18.2 Å². The SMILES string of the molecule is CSC1=CC(C)=NC(=O)C1CNC(=O)c1c(C)n([C@@H](C)C2OCC(N3CCC34COC4)CO2)c2ccccc12. The molecule has 1 aromatic heterocycles. The molecule has 10 heteroatoms. The highest BCUT2D eigenvalue weighted by atomic mass is 32.2. The Morgan fingerprint density at radius 2 is 1.97 bits per heavy atom. The number of nitrogens with zero attached hydrogens (tertiary/aromatic N) is 3. The zero-order valence-corrected chi connectivity index (χ0v) is 23.8. The van der Waals surface area contributed by atoms with Gasteiger partial charge >= 0.3 is 0 Å². The Kier molecular flexibility index (Phi) is 7.18. The summed E-state index contributed by atoms with van der Waals surface area (Å²) in [6.45, 7) is 9.96. The molecule has 1 N–H and O–H groups in total. The predicted molar refractivity (Wildman–Crippen MR) is 151 cm³/mol. The molecule has 39 heavy (non-hydrogen) atoms. The monoisotopic (exact) mass is 552 g/mol. The Labute approximate surface area is 232 Å². The molecule has 3 saturated heterocycles. The first-order valence-electron chi connectivity index (χ1n) is 13.6. The van der Waals surface area contributed by atoms with Crippen LogP contribution in [0.25, 0.3) is 10.9 Å². The van der Waals surface area contributed by atoms with Crippen LogP contribution in [0.3, 0.4) is 0 Å². The van der Waals surface area contributed by atoms with E-state index in [1.165, 1.54) is 18.2 Å². The second-order valence-corrected chi connectivity index (χ2v) is 11.9. The van der Waals surface area contributed by atoms with Crippen LogP contribution in [-0.2, 0) is 19.0 Å². The van der Waals surface area contributed by atoms with Gasteiger partial charge < -0.3 is 24.1 Å². The van der Waals surface area contributed by atoms with E-state index in [1.807, 2.05) is 50.4 Å². The van der Waals surface area contributed by atoms with Gasteiger partial charge in [-0.15, -0.1) is 11.8 Å². The second kappa shape index (κ2) is 10.5. The van der Waals surface area contributed by atoms with Crippen molar-refractivity contribution >= 4 is 40.2 Å². The number of carbonyl (C=O) groups is 2. The van der Waals surface area contributed by atoms with Crippen molar-refractivity contribution in [2.24, 2.45) is 10.9 Å². The third kappa shape index (κ3) is 4.56. The zero-order chi connectivity index (χ0) is 27.3. The van der Waals surface area contributed by atoms with Crippen LogP contribution in [0.15, 0.2) is 40.2 Å². The minimum atomic E-state index is -0.464. The zero-order valence-electron chi connectivity index (χ0n) is 22.9. The summed E-state index contributed by atoms with van der Waals surface area (Å²) < 4.78 is 20.2. The molecule has 4 aliphatic rings. The molecule has 2 amide bonds. The van der Waals surface area contributed by atoms with E-state index < -0.39 is 12.2 Å². The number of aliphatic imine (C=N–C) groups is 1. The van der Waals surface area contributed by atoms with Crippen LogP contribution in [0.4, 0.5) is 0 Å². The van der Waals surface area contributed by atoms with Crippen LogP contribution in [0, 0.1) is 12.8 Å². The van der Waals surface area contributed by atoms with E-state index in [-0.39, 0.29) is 36.0 Å². The van der Waals surface area contributed by atoms with Crippen LogP contribution in [0.1, 0.15) is 42.4 Å². The highest BCUT2D eigenvalue weighted by Crippen LogP contribution is 2.40. The third-order valence-corrected chi connectivity index (χ3v) is 9.56. The third-order valence-electron chi connectivity index (χ3n) is 8.68. The standard InChI is InChI=1S/C29H36N4O5S/c1-17-11-24(39-4)22(26(34)31-17)12-30-27(35)25-18(2)33(23-8-6-5-7-21(23)25)19(3)28-37-13-20(14-38-28)32-10-9-29(32)15-36-16-29/h5-8,11,19-20,22,28H,9-10,12-16H2,1-4H3,(H,30,35)/t19-,20?,22?,28?/m0/s1. The van der Waals surface area contributed by atoms with Gasteiger partial charge in [0.15, 0.2) is 6.29 Å². The van der Waals surface area contributed by atoms with E-state index in [2.05, 4.69) is 26.7 Å². The number of ether oxygens (including phenoxy) is 3. The first-order valence-corrected chi connectivity index (χ1v) is 14.9. The minimum absolute atomic E-state index is 0.141. The Morgan fingerprint density at radius 1 is 1.23 bits per heavy atom. The molecule has 6 rings (SSSR count). The van der Waals surface area contributed by atoms with Crippen LogP contribution in [-0.4, -0.2) is 90.6 Å². The number of likely N-dealkylation sites (tertiary alicyclic amines) is 1. The predicted octanol–water partition coefficient (Wildman–Crippen LogP) is 3.32. The van der Waals surface area contributed by atoms with Crippen molar-refractivity contribution in [2.75, 3.05) is 45.8 Å². The van der Waals surface area contributed by atoms with Crippen molar-refractivity contribution < 1.29 is 23.8 Å². The summed E-state index contributed by atoms with van der Waals surface area (Å²) in [6.07, 6.45) is 4.61. The topological polar surface area (TPSA) is 94.4 Å². The number of carbonyl (C=O) groups excluding carboxylic acids is 2. The molecule has 0 bridgehead atoms. The molecule has 0 aliphatic carbocycles. The van der Waals surface area contributed by atoms with Gasteiger partial charge in [0.05, 0.1) is 55.5 Å². The molecule has 0 radical (unpaired) electrons. The summed E-state index contributed by atoms with van der Waals surface area (Å²) in [5.41, 5.74) is 3.30. The molecule has 9 nitrogen and oxygen atoms in total. The van der Waals surface area contributed by atoms with Gasteiger partial charge in [0.2, 0.25) is 0 Å².